The van der Waals surface area contributed by atoms with E-state index in [1.165, 1.54) is 7.11 Å². The molecule has 0 saturated carbocycles. The van der Waals surface area contributed by atoms with Gasteiger partial charge in [0.15, 0.2) is 5.78 Å². The molecule has 0 aliphatic rings. The molecule has 1 rings (SSSR count). The number of hydrogen-bond donors (Lipinski definition) is 0. The minimum absolute atomic E-state index is 0.0886. The largest absolute Gasteiger partial charge is 0.496 e. The first-order valence-corrected chi connectivity index (χ1v) is 6.36. The maximum absolute atomic E-state index is 12.6. The number of ketones is 1. The Kier molecular flexibility index (Phi) is 5.17. The van der Waals surface area contributed by atoms with E-state index in [-0.39, 0.29) is 5.78 Å². The second-order valence-corrected chi connectivity index (χ2v) is 4.52. The number of halogens is 1. The number of carbonyl (C=O) groups is 1. The van der Waals surface area contributed by atoms with Crippen LogP contribution in [0.4, 0.5) is 0 Å². The molecule has 0 amide bonds. The predicted octanol–water partition coefficient (Wildman–Crippen LogP) is 3.74. The lowest BCUT2D eigenvalue weighted by molar-refractivity contribution is -0.00280. The van der Waals surface area contributed by atoms with Gasteiger partial charge in [-0.1, -0.05) is 25.4 Å². The van der Waals surface area contributed by atoms with Crippen LogP contribution >= 0.6 is 11.6 Å². The van der Waals surface area contributed by atoms with Gasteiger partial charge in [-0.05, 0) is 31.0 Å². The summed E-state index contributed by atoms with van der Waals surface area (Å²) in [4.78, 5) is 12.6. The highest BCUT2D eigenvalue weighted by Gasteiger charge is 2.36. The summed E-state index contributed by atoms with van der Waals surface area (Å²) in [6.07, 6.45) is 1.21. The molecular weight excluding hydrogens is 252 g/mol. The molecule has 1 aromatic carbocycles. The molecule has 100 valence electrons. The Morgan fingerprint density at radius 3 is 2.33 bits per heavy atom. The smallest absolute Gasteiger partial charge is 0.198 e. The number of Topliss-reactive ketones (excluding diaryl/α,β-unsaturated/α-hetero) is 1. The number of carbonyl (C=O) groups excluding carboxylic acids is 1. The summed E-state index contributed by atoms with van der Waals surface area (Å²) in [5, 5.41) is 0.511. The Morgan fingerprint density at radius 2 is 1.89 bits per heavy atom. The van der Waals surface area contributed by atoms with Gasteiger partial charge < -0.3 is 9.47 Å². The number of hydrogen-bond acceptors (Lipinski definition) is 3. The van der Waals surface area contributed by atoms with Gasteiger partial charge in [-0.3, -0.25) is 4.79 Å². The van der Waals surface area contributed by atoms with E-state index in [4.69, 9.17) is 21.1 Å². The van der Waals surface area contributed by atoms with Gasteiger partial charge in [0.1, 0.15) is 11.4 Å². The summed E-state index contributed by atoms with van der Waals surface area (Å²) < 4.78 is 10.7. The van der Waals surface area contributed by atoms with Crippen LogP contribution < -0.4 is 4.74 Å². The van der Waals surface area contributed by atoms with Crippen molar-refractivity contribution in [3.8, 4) is 5.75 Å². The zero-order chi connectivity index (χ0) is 13.8. The Balaban J connectivity index is 3.28. The number of methoxy groups -OCH3 is 2. The fourth-order valence-electron chi connectivity index (χ4n) is 2.06. The van der Waals surface area contributed by atoms with Gasteiger partial charge in [-0.25, -0.2) is 0 Å². The summed E-state index contributed by atoms with van der Waals surface area (Å²) in [6.45, 7) is 3.86. The fourth-order valence-corrected chi connectivity index (χ4v) is 2.23. The molecule has 0 heterocycles. The van der Waals surface area contributed by atoms with Crippen LogP contribution in [0, 0.1) is 0 Å². The monoisotopic (exact) mass is 270 g/mol. The zero-order valence-corrected chi connectivity index (χ0v) is 12.0. The maximum Gasteiger partial charge on any atom is 0.198 e. The van der Waals surface area contributed by atoms with E-state index in [9.17, 15) is 4.79 Å². The van der Waals surface area contributed by atoms with Crippen molar-refractivity contribution >= 4 is 17.4 Å². The second-order valence-electron chi connectivity index (χ2n) is 4.08. The molecule has 4 heteroatoms. The van der Waals surface area contributed by atoms with E-state index < -0.39 is 5.60 Å². The molecule has 0 aliphatic carbocycles. The van der Waals surface area contributed by atoms with E-state index in [0.29, 0.717) is 29.2 Å². The summed E-state index contributed by atoms with van der Waals surface area (Å²) in [5.74, 6) is 0.432. The van der Waals surface area contributed by atoms with Crippen molar-refractivity contribution in [3.05, 3.63) is 28.8 Å². The third kappa shape index (κ3) is 2.68. The summed E-state index contributed by atoms with van der Waals surface area (Å²) in [7, 11) is 3.09. The number of ether oxygens (including phenoxy) is 2. The molecule has 0 atom stereocenters. The van der Waals surface area contributed by atoms with Crippen molar-refractivity contribution in [1.29, 1.82) is 0 Å². The average Bonchev–Trinajstić information content (AvgIpc) is 2.41. The van der Waals surface area contributed by atoms with Crippen molar-refractivity contribution in [1.82, 2.24) is 0 Å². The predicted molar refractivity (Wildman–Crippen MR) is 72.7 cm³/mol. The molecule has 0 aliphatic heterocycles. The summed E-state index contributed by atoms with van der Waals surface area (Å²) in [6, 6.07) is 5.02. The van der Waals surface area contributed by atoms with Crippen LogP contribution in [0.25, 0.3) is 0 Å². The van der Waals surface area contributed by atoms with Crippen LogP contribution in [0.15, 0.2) is 18.2 Å². The molecule has 0 spiro atoms. The van der Waals surface area contributed by atoms with Crippen LogP contribution in [0.1, 0.15) is 37.0 Å². The topological polar surface area (TPSA) is 35.5 Å². The van der Waals surface area contributed by atoms with Crippen LogP contribution in [-0.4, -0.2) is 25.6 Å². The summed E-state index contributed by atoms with van der Waals surface area (Å²) in [5.41, 5.74) is -0.339. The van der Waals surface area contributed by atoms with Crippen LogP contribution in [0.2, 0.25) is 5.02 Å². The fraction of sp³-hybridized carbons (Fsp3) is 0.500. The molecule has 0 N–H and O–H groups in total. The van der Waals surface area contributed by atoms with E-state index in [1.807, 2.05) is 13.8 Å². The number of benzene rings is 1. The first kappa shape index (κ1) is 15.0. The second kappa shape index (κ2) is 6.21. The van der Waals surface area contributed by atoms with E-state index in [2.05, 4.69) is 0 Å². The molecule has 0 aromatic heterocycles. The van der Waals surface area contributed by atoms with Gasteiger partial charge in [0, 0.05) is 12.1 Å². The summed E-state index contributed by atoms with van der Waals surface area (Å²) >= 11 is 5.95. The lowest BCUT2D eigenvalue weighted by Crippen LogP contribution is -2.39. The third-order valence-electron chi connectivity index (χ3n) is 3.35. The lowest BCUT2D eigenvalue weighted by atomic mass is 9.87. The molecule has 3 nitrogen and oxygen atoms in total. The van der Waals surface area contributed by atoms with Gasteiger partial charge >= 0.3 is 0 Å². The Morgan fingerprint density at radius 1 is 1.28 bits per heavy atom. The van der Waals surface area contributed by atoms with Crippen molar-refractivity contribution in [2.45, 2.75) is 32.3 Å². The molecular formula is C14H19ClO3. The van der Waals surface area contributed by atoms with Crippen molar-refractivity contribution in [3.63, 3.8) is 0 Å². The van der Waals surface area contributed by atoms with Gasteiger partial charge in [-0.15, -0.1) is 0 Å². The van der Waals surface area contributed by atoms with Gasteiger partial charge in [0.25, 0.3) is 0 Å². The molecule has 0 saturated heterocycles. The molecule has 0 unspecified atom stereocenters. The van der Waals surface area contributed by atoms with Gasteiger partial charge in [-0.2, -0.15) is 0 Å². The van der Waals surface area contributed by atoms with Gasteiger partial charge in [0.2, 0.25) is 0 Å². The highest BCUT2D eigenvalue weighted by Crippen LogP contribution is 2.31. The molecule has 1 aromatic rings. The van der Waals surface area contributed by atoms with Gasteiger partial charge in [0.05, 0.1) is 12.7 Å². The van der Waals surface area contributed by atoms with E-state index in [1.54, 1.807) is 25.3 Å². The van der Waals surface area contributed by atoms with Crippen LogP contribution in [0.5, 0.6) is 5.75 Å². The Labute approximate surface area is 113 Å². The normalized spacial score (nSPS) is 11.4. The van der Waals surface area contributed by atoms with E-state index in [0.717, 1.165) is 0 Å². The average molecular weight is 271 g/mol. The van der Waals surface area contributed by atoms with Crippen LogP contribution in [-0.2, 0) is 4.74 Å². The minimum atomic E-state index is -0.808. The quantitative estimate of drug-likeness (QED) is 0.739. The molecule has 0 fully saturated rings. The van der Waals surface area contributed by atoms with Crippen LogP contribution in [0.3, 0.4) is 0 Å². The molecule has 18 heavy (non-hydrogen) atoms. The highest BCUT2D eigenvalue weighted by atomic mass is 35.5. The standard InChI is InChI=1S/C14H19ClO3/c1-5-14(6-2,18-4)13(16)11-9-10(15)7-8-12(11)17-3/h7-9H,5-6H2,1-4H3. The molecule has 0 radical (unpaired) electrons. The highest BCUT2D eigenvalue weighted by molar-refractivity contribution is 6.31. The van der Waals surface area contributed by atoms with Crippen molar-refractivity contribution < 1.29 is 14.3 Å². The maximum atomic E-state index is 12.6. The lowest BCUT2D eigenvalue weighted by Gasteiger charge is -2.29. The minimum Gasteiger partial charge on any atom is -0.496 e. The SMILES string of the molecule is CCC(CC)(OC)C(=O)c1cc(Cl)ccc1OC. The Hall–Kier alpha value is -1.06. The first-order chi connectivity index (χ1) is 8.54. The molecule has 0 bridgehead atoms. The number of rotatable bonds is 6. The first-order valence-electron chi connectivity index (χ1n) is 5.98. The zero-order valence-electron chi connectivity index (χ0n) is 11.2. The van der Waals surface area contributed by atoms with Crippen molar-refractivity contribution in [2.24, 2.45) is 0 Å². The third-order valence-corrected chi connectivity index (χ3v) is 3.59. The van der Waals surface area contributed by atoms with Crippen molar-refractivity contribution in [2.75, 3.05) is 14.2 Å². The van der Waals surface area contributed by atoms with E-state index >= 15 is 0 Å². The Bertz CT molecular complexity index is 417.